The van der Waals surface area contributed by atoms with Crippen molar-refractivity contribution >= 4 is 34.7 Å². The number of carbonyl (C=O) groups excluding carboxylic acids is 3. The number of thiazole rings is 1. The summed E-state index contributed by atoms with van der Waals surface area (Å²) in [6.45, 7) is 3.68. The van der Waals surface area contributed by atoms with Gasteiger partial charge < -0.3 is 4.90 Å². The summed E-state index contributed by atoms with van der Waals surface area (Å²) in [4.78, 5) is 46.9. The monoisotopic (exact) mass is 460 g/mol. The number of benzene rings is 2. The van der Waals surface area contributed by atoms with Gasteiger partial charge in [-0.15, -0.1) is 11.3 Å². The number of piperazine rings is 1. The van der Waals surface area contributed by atoms with Gasteiger partial charge in [0.2, 0.25) is 11.8 Å². The highest BCUT2D eigenvalue weighted by Crippen LogP contribution is 2.24. The Balaban J connectivity index is 1.16. The number of hydrogen-bond donors (Lipinski definition) is 0. The summed E-state index contributed by atoms with van der Waals surface area (Å²) in [5.41, 5.74) is 3.23. The molecule has 0 spiro atoms. The van der Waals surface area contributed by atoms with Gasteiger partial charge in [-0.2, -0.15) is 0 Å². The molecule has 2 saturated heterocycles. The van der Waals surface area contributed by atoms with Crippen LogP contribution in [0.3, 0.4) is 0 Å². The Morgan fingerprint density at radius 3 is 2.21 bits per heavy atom. The van der Waals surface area contributed by atoms with Crippen molar-refractivity contribution < 1.29 is 14.4 Å². The lowest BCUT2D eigenvalue weighted by Gasteiger charge is -2.34. The molecule has 2 aromatic carbocycles. The summed E-state index contributed by atoms with van der Waals surface area (Å²) in [6, 6.07) is 16.9. The van der Waals surface area contributed by atoms with E-state index in [2.05, 4.69) is 22.4 Å². The molecule has 5 rings (SSSR count). The van der Waals surface area contributed by atoms with Crippen molar-refractivity contribution in [3.63, 3.8) is 0 Å². The second-order valence-electron chi connectivity index (χ2n) is 8.23. The SMILES string of the molecule is O=C(c1ccc(N2C(=O)CCC2=O)cc1)N1CCN(Cc2nc(-c3ccccc3)cs2)CC1. The summed E-state index contributed by atoms with van der Waals surface area (Å²) in [7, 11) is 0. The Kier molecular flexibility index (Phi) is 6.02. The first-order valence-corrected chi connectivity index (χ1v) is 11.9. The van der Waals surface area contributed by atoms with Crippen molar-refractivity contribution in [1.29, 1.82) is 0 Å². The molecular weight excluding hydrogens is 436 g/mol. The molecule has 3 heterocycles. The molecule has 1 aromatic heterocycles. The molecule has 0 saturated carbocycles. The predicted molar refractivity (Wildman–Crippen MR) is 127 cm³/mol. The van der Waals surface area contributed by atoms with Gasteiger partial charge in [-0.05, 0) is 24.3 Å². The topological polar surface area (TPSA) is 73.8 Å². The van der Waals surface area contributed by atoms with Gasteiger partial charge in [0.15, 0.2) is 0 Å². The molecule has 3 amide bonds. The van der Waals surface area contributed by atoms with Crippen LogP contribution in [0.2, 0.25) is 0 Å². The van der Waals surface area contributed by atoms with Gasteiger partial charge in [-0.25, -0.2) is 4.98 Å². The Morgan fingerprint density at radius 2 is 1.55 bits per heavy atom. The fourth-order valence-electron chi connectivity index (χ4n) is 4.23. The normalized spacial score (nSPS) is 17.1. The number of anilines is 1. The number of imide groups is 1. The molecule has 33 heavy (non-hydrogen) atoms. The van der Waals surface area contributed by atoms with Gasteiger partial charge in [-0.1, -0.05) is 30.3 Å². The van der Waals surface area contributed by atoms with E-state index >= 15 is 0 Å². The molecule has 0 radical (unpaired) electrons. The third kappa shape index (κ3) is 4.58. The first-order valence-electron chi connectivity index (χ1n) is 11.1. The van der Waals surface area contributed by atoms with Gasteiger partial charge in [0, 0.05) is 55.5 Å². The number of amides is 3. The predicted octanol–water partition coefficient (Wildman–Crippen LogP) is 3.42. The lowest BCUT2D eigenvalue weighted by molar-refractivity contribution is -0.121. The average molecular weight is 461 g/mol. The van der Waals surface area contributed by atoms with Gasteiger partial charge in [0.05, 0.1) is 17.9 Å². The van der Waals surface area contributed by atoms with E-state index in [1.54, 1.807) is 35.6 Å². The zero-order valence-corrected chi connectivity index (χ0v) is 19.0. The van der Waals surface area contributed by atoms with Crippen LogP contribution in [0.4, 0.5) is 5.69 Å². The Bertz CT molecular complexity index is 1150. The molecule has 168 valence electrons. The Hall–Kier alpha value is -3.36. The highest BCUT2D eigenvalue weighted by Gasteiger charge is 2.30. The van der Waals surface area contributed by atoms with E-state index in [4.69, 9.17) is 4.98 Å². The van der Waals surface area contributed by atoms with Gasteiger partial charge in [-0.3, -0.25) is 24.2 Å². The first kappa shape index (κ1) is 21.5. The standard InChI is InChI=1S/C25H24N4O3S/c30-23-10-11-24(31)29(23)20-8-6-19(7-9-20)25(32)28-14-12-27(13-15-28)16-22-26-21(17-33-22)18-4-2-1-3-5-18/h1-9,17H,10-16H2. The largest absolute Gasteiger partial charge is 0.336 e. The van der Waals surface area contributed by atoms with Crippen LogP contribution in [-0.2, 0) is 16.1 Å². The van der Waals surface area contributed by atoms with Crippen molar-refractivity contribution in [2.75, 3.05) is 31.1 Å². The first-order chi connectivity index (χ1) is 16.1. The maximum absolute atomic E-state index is 12.9. The molecule has 8 heteroatoms. The molecule has 0 aliphatic carbocycles. The van der Waals surface area contributed by atoms with E-state index in [1.165, 1.54) is 4.90 Å². The third-order valence-electron chi connectivity index (χ3n) is 6.06. The summed E-state index contributed by atoms with van der Waals surface area (Å²) < 4.78 is 0. The van der Waals surface area contributed by atoms with Gasteiger partial charge in [0.25, 0.3) is 5.91 Å². The third-order valence-corrected chi connectivity index (χ3v) is 6.90. The number of nitrogens with zero attached hydrogens (tertiary/aromatic N) is 4. The van der Waals surface area contributed by atoms with E-state index in [1.807, 2.05) is 23.1 Å². The van der Waals surface area contributed by atoms with E-state index < -0.39 is 0 Å². The number of aromatic nitrogens is 1. The molecule has 0 N–H and O–H groups in total. The van der Waals surface area contributed by atoms with Crippen LogP contribution in [0.5, 0.6) is 0 Å². The van der Waals surface area contributed by atoms with Gasteiger partial charge >= 0.3 is 0 Å². The molecule has 2 aliphatic rings. The molecule has 7 nitrogen and oxygen atoms in total. The Morgan fingerprint density at radius 1 is 0.879 bits per heavy atom. The van der Waals surface area contributed by atoms with Crippen molar-refractivity contribution in [3.05, 3.63) is 70.5 Å². The highest BCUT2D eigenvalue weighted by atomic mass is 32.1. The fraction of sp³-hybridized carbons (Fsp3) is 0.280. The fourth-order valence-corrected chi connectivity index (χ4v) is 5.07. The van der Waals surface area contributed by atoms with Crippen molar-refractivity contribution in [3.8, 4) is 11.3 Å². The van der Waals surface area contributed by atoms with Crippen molar-refractivity contribution in [2.24, 2.45) is 0 Å². The molecule has 2 fully saturated rings. The summed E-state index contributed by atoms with van der Waals surface area (Å²) in [6.07, 6.45) is 0.497. The van der Waals surface area contributed by atoms with Crippen LogP contribution in [0, 0.1) is 0 Å². The zero-order chi connectivity index (χ0) is 22.8. The van der Waals surface area contributed by atoms with E-state index in [9.17, 15) is 14.4 Å². The van der Waals surface area contributed by atoms with Crippen LogP contribution in [-0.4, -0.2) is 58.7 Å². The number of carbonyl (C=O) groups is 3. The molecule has 0 bridgehead atoms. The lowest BCUT2D eigenvalue weighted by Crippen LogP contribution is -2.48. The maximum atomic E-state index is 12.9. The maximum Gasteiger partial charge on any atom is 0.253 e. The molecule has 2 aliphatic heterocycles. The average Bonchev–Trinajstić information content (AvgIpc) is 3.46. The van der Waals surface area contributed by atoms with Crippen LogP contribution in [0.25, 0.3) is 11.3 Å². The lowest BCUT2D eigenvalue weighted by atomic mass is 10.1. The minimum Gasteiger partial charge on any atom is -0.336 e. The number of rotatable bonds is 5. The number of hydrogen-bond acceptors (Lipinski definition) is 6. The van der Waals surface area contributed by atoms with E-state index in [0.29, 0.717) is 24.3 Å². The molecule has 0 atom stereocenters. The van der Waals surface area contributed by atoms with E-state index in [-0.39, 0.29) is 30.6 Å². The minimum absolute atomic E-state index is 0.0270. The summed E-state index contributed by atoms with van der Waals surface area (Å²) >= 11 is 1.67. The van der Waals surface area contributed by atoms with Crippen LogP contribution in [0.15, 0.2) is 60.0 Å². The van der Waals surface area contributed by atoms with Crippen molar-refractivity contribution in [2.45, 2.75) is 19.4 Å². The van der Waals surface area contributed by atoms with Crippen LogP contribution >= 0.6 is 11.3 Å². The minimum atomic E-state index is -0.189. The van der Waals surface area contributed by atoms with Crippen molar-refractivity contribution in [1.82, 2.24) is 14.8 Å². The molecule has 0 unspecified atom stereocenters. The second kappa shape index (κ2) is 9.25. The summed E-state index contributed by atoms with van der Waals surface area (Å²) in [5.74, 6) is -0.404. The van der Waals surface area contributed by atoms with E-state index in [0.717, 1.165) is 35.9 Å². The Labute approximate surface area is 196 Å². The molecular formula is C25H24N4O3S. The quantitative estimate of drug-likeness (QED) is 0.546. The second-order valence-corrected chi connectivity index (χ2v) is 9.17. The van der Waals surface area contributed by atoms with Crippen LogP contribution in [0.1, 0.15) is 28.2 Å². The van der Waals surface area contributed by atoms with Gasteiger partial charge in [0.1, 0.15) is 5.01 Å². The highest BCUT2D eigenvalue weighted by molar-refractivity contribution is 7.09. The zero-order valence-electron chi connectivity index (χ0n) is 18.1. The van der Waals surface area contributed by atoms with Crippen LogP contribution < -0.4 is 4.90 Å². The smallest absolute Gasteiger partial charge is 0.253 e. The molecule has 3 aromatic rings. The summed E-state index contributed by atoms with van der Waals surface area (Å²) in [5, 5.41) is 3.17.